The normalized spacial score (nSPS) is 37.5. The zero-order valence-electron chi connectivity index (χ0n) is 6.31. The van der Waals surface area contributed by atoms with Gasteiger partial charge in [0.15, 0.2) is 0 Å². The molecule has 0 unspecified atom stereocenters. The van der Waals surface area contributed by atoms with Gasteiger partial charge in [-0.1, -0.05) is 0 Å². The highest BCUT2D eigenvalue weighted by molar-refractivity contribution is 4.94. The van der Waals surface area contributed by atoms with Crippen LogP contribution in [-0.4, -0.2) is 18.2 Å². The van der Waals surface area contributed by atoms with Gasteiger partial charge in [0.2, 0.25) is 0 Å². The second-order valence-electron chi connectivity index (χ2n) is 3.64. The number of hydrogen-bond donors (Lipinski definition) is 1. The van der Waals surface area contributed by atoms with Gasteiger partial charge in [-0.05, 0) is 32.1 Å². The molecule has 58 valence electrons. The number of rotatable bonds is 0. The highest BCUT2D eigenvalue weighted by Crippen LogP contribution is 2.41. The molecule has 0 aromatic carbocycles. The van der Waals surface area contributed by atoms with Crippen LogP contribution in [0, 0.1) is 0 Å². The second kappa shape index (κ2) is 2.21. The molecule has 2 fully saturated rings. The Kier molecular flexibility index (Phi) is 1.46. The van der Waals surface area contributed by atoms with Crippen LogP contribution in [0.15, 0.2) is 0 Å². The third-order valence-electron chi connectivity index (χ3n) is 2.80. The van der Waals surface area contributed by atoms with Crippen LogP contribution in [0.1, 0.15) is 32.1 Å². The minimum Gasteiger partial charge on any atom is -0.375 e. The summed E-state index contributed by atoms with van der Waals surface area (Å²) in [6.45, 7) is 0.890. The van der Waals surface area contributed by atoms with Crippen molar-refractivity contribution in [3.63, 3.8) is 0 Å². The van der Waals surface area contributed by atoms with Crippen molar-refractivity contribution in [2.24, 2.45) is 5.73 Å². The fourth-order valence-corrected chi connectivity index (χ4v) is 1.99. The Morgan fingerprint density at radius 3 is 2.60 bits per heavy atom. The Morgan fingerprint density at radius 2 is 2.20 bits per heavy atom. The fourth-order valence-electron chi connectivity index (χ4n) is 1.99. The number of ether oxygens (including phenoxy) is 1. The molecule has 2 aliphatic rings. The van der Waals surface area contributed by atoms with E-state index in [9.17, 15) is 0 Å². The predicted octanol–water partition coefficient (Wildman–Crippen LogP) is 1.05. The van der Waals surface area contributed by atoms with E-state index >= 15 is 0 Å². The van der Waals surface area contributed by atoms with Crippen molar-refractivity contribution in [3.8, 4) is 0 Å². The van der Waals surface area contributed by atoms with Crippen LogP contribution in [0.4, 0.5) is 0 Å². The van der Waals surface area contributed by atoms with Gasteiger partial charge in [-0.3, -0.25) is 0 Å². The Labute approximate surface area is 61.7 Å². The number of hydrogen-bond acceptors (Lipinski definition) is 2. The summed E-state index contributed by atoms with van der Waals surface area (Å²) in [5.74, 6) is 0. The third-order valence-corrected chi connectivity index (χ3v) is 2.80. The van der Waals surface area contributed by atoms with Gasteiger partial charge in [0.25, 0.3) is 0 Å². The quantitative estimate of drug-likeness (QED) is 0.547. The first kappa shape index (κ1) is 6.62. The molecule has 1 aliphatic carbocycles. The average Bonchev–Trinajstić information content (AvgIpc) is 1.85. The molecule has 2 nitrogen and oxygen atoms in total. The van der Waals surface area contributed by atoms with Crippen molar-refractivity contribution in [1.82, 2.24) is 0 Å². The van der Waals surface area contributed by atoms with Crippen LogP contribution in [-0.2, 0) is 4.74 Å². The molecule has 1 spiro atoms. The summed E-state index contributed by atoms with van der Waals surface area (Å²) in [6.07, 6.45) is 6.00. The largest absolute Gasteiger partial charge is 0.375 e. The van der Waals surface area contributed by atoms with Crippen LogP contribution >= 0.6 is 0 Å². The molecular formula is C8H15NO. The lowest BCUT2D eigenvalue weighted by Crippen LogP contribution is -2.49. The van der Waals surface area contributed by atoms with Gasteiger partial charge in [-0.25, -0.2) is 0 Å². The topological polar surface area (TPSA) is 35.2 Å². The van der Waals surface area contributed by atoms with Crippen molar-refractivity contribution < 1.29 is 4.74 Å². The number of nitrogens with two attached hydrogens (primary N) is 1. The second-order valence-corrected chi connectivity index (χ2v) is 3.64. The minimum absolute atomic E-state index is 0.248. The van der Waals surface area contributed by atoms with Gasteiger partial charge in [0, 0.05) is 12.6 Å². The summed E-state index contributed by atoms with van der Waals surface area (Å²) in [5.41, 5.74) is 6.09. The lowest BCUT2D eigenvalue weighted by atomic mass is 9.74. The zero-order valence-corrected chi connectivity index (χ0v) is 6.31. The van der Waals surface area contributed by atoms with Gasteiger partial charge in [-0.2, -0.15) is 0 Å². The standard InChI is InChI=1S/C8H15NO/c9-7-2-5-10-8(6-7)3-1-4-8/h7H,1-6,9H2/t7-/m0/s1. The monoisotopic (exact) mass is 141 g/mol. The summed E-state index contributed by atoms with van der Waals surface area (Å²) in [6, 6.07) is 0.411. The van der Waals surface area contributed by atoms with E-state index in [-0.39, 0.29) is 5.60 Å². The van der Waals surface area contributed by atoms with Crippen LogP contribution in [0.2, 0.25) is 0 Å². The van der Waals surface area contributed by atoms with Crippen molar-refractivity contribution in [2.75, 3.05) is 6.61 Å². The summed E-state index contributed by atoms with van der Waals surface area (Å²) in [7, 11) is 0. The van der Waals surface area contributed by atoms with E-state index in [4.69, 9.17) is 10.5 Å². The van der Waals surface area contributed by atoms with E-state index in [0.29, 0.717) is 6.04 Å². The zero-order chi connectivity index (χ0) is 7.03. The van der Waals surface area contributed by atoms with Crippen molar-refractivity contribution in [3.05, 3.63) is 0 Å². The smallest absolute Gasteiger partial charge is 0.0697 e. The molecule has 0 bridgehead atoms. The van der Waals surface area contributed by atoms with Crippen LogP contribution in [0.25, 0.3) is 0 Å². The molecule has 1 saturated carbocycles. The van der Waals surface area contributed by atoms with Crippen molar-refractivity contribution >= 4 is 0 Å². The highest BCUT2D eigenvalue weighted by Gasteiger charge is 2.41. The summed E-state index contributed by atoms with van der Waals surface area (Å²) in [5, 5.41) is 0. The first-order valence-electron chi connectivity index (χ1n) is 4.20. The van der Waals surface area contributed by atoms with Crippen molar-refractivity contribution in [2.45, 2.75) is 43.7 Å². The molecule has 1 aliphatic heterocycles. The lowest BCUT2D eigenvalue weighted by Gasteiger charge is -2.46. The van der Waals surface area contributed by atoms with Crippen LogP contribution in [0.3, 0.4) is 0 Å². The van der Waals surface area contributed by atoms with Crippen LogP contribution in [0.5, 0.6) is 0 Å². The van der Waals surface area contributed by atoms with E-state index in [2.05, 4.69) is 0 Å². The molecule has 0 radical (unpaired) electrons. The van der Waals surface area contributed by atoms with E-state index in [1.165, 1.54) is 19.3 Å². The molecule has 2 rings (SSSR count). The van der Waals surface area contributed by atoms with Gasteiger partial charge in [-0.15, -0.1) is 0 Å². The Hall–Kier alpha value is -0.0800. The molecule has 1 atom stereocenters. The first-order chi connectivity index (χ1) is 4.81. The van der Waals surface area contributed by atoms with E-state index in [0.717, 1.165) is 19.4 Å². The molecule has 0 amide bonds. The SMILES string of the molecule is N[C@H]1CCOC2(CCC2)C1. The van der Waals surface area contributed by atoms with E-state index < -0.39 is 0 Å². The van der Waals surface area contributed by atoms with E-state index in [1.807, 2.05) is 0 Å². The van der Waals surface area contributed by atoms with Gasteiger partial charge in [0.05, 0.1) is 5.60 Å². The van der Waals surface area contributed by atoms with Gasteiger partial charge in [0.1, 0.15) is 0 Å². The molecule has 2 heteroatoms. The molecule has 1 heterocycles. The Balaban J connectivity index is 1.96. The summed E-state index contributed by atoms with van der Waals surface area (Å²) < 4.78 is 5.69. The highest BCUT2D eigenvalue weighted by atomic mass is 16.5. The molecule has 10 heavy (non-hydrogen) atoms. The molecule has 0 aromatic rings. The van der Waals surface area contributed by atoms with Gasteiger partial charge >= 0.3 is 0 Å². The minimum atomic E-state index is 0.248. The fraction of sp³-hybridized carbons (Fsp3) is 1.00. The maximum Gasteiger partial charge on any atom is 0.0697 e. The summed E-state index contributed by atoms with van der Waals surface area (Å²) >= 11 is 0. The molecule has 0 aromatic heterocycles. The van der Waals surface area contributed by atoms with Crippen LogP contribution < -0.4 is 5.73 Å². The third kappa shape index (κ3) is 0.956. The van der Waals surface area contributed by atoms with Crippen molar-refractivity contribution in [1.29, 1.82) is 0 Å². The maximum absolute atomic E-state index is 5.84. The van der Waals surface area contributed by atoms with E-state index in [1.54, 1.807) is 0 Å². The molecular weight excluding hydrogens is 126 g/mol. The molecule has 2 N–H and O–H groups in total. The molecule has 1 saturated heterocycles. The average molecular weight is 141 g/mol. The lowest BCUT2D eigenvalue weighted by molar-refractivity contribution is -0.132. The Morgan fingerprint density at radius 1 is 1.40 bits per heavy atom. The predicted molar refractivity (Wildman–Crippen MR) is 39.7 cm³/mol. The van der Waals surface area contributed by atoms with Gasteiger partial charge < -0.3 is 10.5 Å². The Bertz CT molecular complexity index is 131. The first-order valence-corrected chi connectivity index (χ1v) is 4.20. The summed E-state index contributed by atoms with van der Waals surface area (Å²) in [4.78, 5) is 0. The maximum atomic E-state index is 5.84.